The van der Waals surface area contributed by atoms with Gasteiger partial charge >= 0.3 is 0 Å². The molecule has 4 N–H and O–H groups in total. The second kappa shape index (κ2) is 12.6. The largest absolute Gasteiger partial charge is 0.508 e. The number of thiophene rings is 1. The second-order valence-electron chi connectivity index (χ2n) is 5.65. The molecule has 2 rings (SSSR count). The molecule has 2 aromatic rings. The highest BCUT2D eigenvalue weighted by molar-refractivity contribution is 14.0. The van der Waals surface area contributed by atoms with Crippen LogP contribution in [0.15, 0.2) is 41.4 Å². The number of guanidine groups is 1. The molecule has 0 aliphatic heterocycles. The van der Waals surface area contributed by atoms with E-state index in [9.17, 15) is 9.90 Å². The van der Waals surface area contributed by atoms with Gasteiger partial charge in [-0.05, 0) is 49.7 Å². The van der Waals surface area contributed by atoms with E-state index in [-0.39, 0.29) is 35.6 Å². The first-order valence-electron chi connectivity index (χ1n) is 8.79. The maximum Gasteiger partial charge on any atom is 0.251 e. The molecule has 0 spiro atoms. The van der Waals surface area contributed by atoms with Gasteiger partial charge in [0.1, 0.15) is 5.75 Å². The minimum absolute atomic E-state index is 0. The molecule has 1 aromatic carbocycles. The molecule has 0 fully saturated rings. The summed E-state index contributed by atoms with van der Waals surface area (Å²) in [6.07, 6.45) is 1.05. The average molecular weight is 502 g/mol. The molecule has 0 saturated heterocycles. The van der Waals surface area contributed by atoms with Gasteiger partial charge in [-0.1, -0.05) is 6.92 Å². The third-order valence-electron chi connectivity index (χ3n) is 3.64. The molecular formula is C19H27IN4O2S. The van der Waals surface area contributed by atoms with Gasteiger partial charge in [0.25, 0.3) is 5.91 Å². The Bertz CT molecular complexity index is 732. The van der Waals surface area contributed by atoms with E-state index >= 15 is 0 Å². The molecule has 0 aliphatic rings. The maximum absolute atomic E-state index is 12.0. The third kappa shape index (κ3) is 8.17. The number of nitrogens with one attached hydrogen (secondary N) is 3. The van der Waals surface area contributed by atoms with Gasteiger partial charge < -0.3 is 21.1 Å². The molecule has 1 aromatic heterocycles. The fourth-order valence-electron chi connectivity index (χ4n) is 2.27. The van der Waals surface area contributed by atoms with Gasteiger partial charge in [0.05, 0.1) is 6.54 Å². The van der Waals surface area contributed by atoms with E-state index in [4.69, 9.17) is 0 Å². The number of hydrogen-bond donors (Lipinski definition) is 4. The van der Waals surface area contributed by atoms with Crippen LogP contribution in [0.1, 0.15) is 34.0 Å². The van der Waals surface area contributed by atoms with Gasteiger partial charge in [-0.2, -0.15) is 0 Å². The molecule has 0 saturated carbocycles. The highest BCUT2D eigenvalue weighted by Crippen LogP contribution is 2.17. The Morgan fingerprint density at radius 3 is 2.30 bits per heavy atom. The third-order valence-corrected chi connectivity index (χ3v) is 4.85. The van der Waals surface area contributed by atoms with E-state index in [2.05, 4.69) is 40.0 Å². The van der Waals surface area contributed by atoms with Crippen LogP contribution in [0.25, 0.3) is 0 Å². The fraction of sp³-hybridized carbons (Fsp3) is 0.368. The number of phenols is 1. The normalized spacial score (nSPS) is 10.8. The van der Waals surface area contributed by atoms with Crippen molar-refractivity contribution in [3.63, 3.8) is 0 Å². The Hall–Kier alpha value is -1.81. The lowest BCUT2D eigenvalue weighted by atomic mass is 10.2. The van der Waals surface area contributed by atoms with Crippen molar-refractivity contribution in [2.24, 2.45) is 4.99 Å². The van der Waals surface area contributed by atoms with E-state index in [1.54, 1.807) is 23.5 Å². The van der Waals surface area contributed by atoms with Crippen molar-refractivity contribution < 1.29 is 9.90 Å². The van der Waals surface area contributed by atoms with Crippen molar-refractivity contribution in [3.8, 4) is 5.75 Å². The summed E-state index contributed by atoms with van der Waals surface area (Å²) in [5, 5.41) is 18.5. The summed E-state index contributed by atoms with van der Waals surface area (Å²) in [4.78, 5) is 19.2. The number of hydrogen-bond acceptors (Lipinski definition) is 4. The monoisotopic (exact) mass is 502 g/mol. The molecule has 0 bridgehead atoms. The fourth-order valence-corrected chi connectivity index (χ4v) is 3.15. The molecule has 1 heterocycles. The molecule has 27 heavy (non-hydrogen) atoms. The standard InChI is InChI=1S/C19H26N4O2S.HI/c1-3-16-9-10-17(26-16)13-23-19(20-4-2)22-12-11-21-18(25)14-5-7-15(24)8-6-14;/h5-10,24H,3-4,11-13H2,1-2H3,(H,21,25)(H2,20,22,23);1H. The zero-order chi connectivity index (χ0) is 18.8. The maximum atomic E-state index is 12.0. The van der Waals surface area contributed by atoms with Crippen LogP contribution in [0, 0.1) is 0 Å². The Labute approximate surface area is 181 Å². The highest BCUT2D eigenvalue weighted by Gasteiger charge is 2.05. The number of carbonyl (C=O) groups excluding carboxylic acids is 1. The summed E-state index contributed by atoms with van der Waals surface area (Å²) in [6, 6.07) is 10.4. The van der Waals surface area contributed by atoms with E-state index in [1.807, 2.05) is 6.92 Å². The Balaban J connectivity index is 0.00000364. The van der Waals surface area contributed by atoms with Crippen LogP contribution >= 0.6 is 35.3 Å². The van der Waals surface area contributed by atoms with Crippen LogP contribution in [-0.2, 0) is 13.0 Å². The van der Waals surface area contributed by atoms with Gasteiger partial charge in [-0.3, -0.25) is 4.79 Å². The topological polar surface area (TPSA) is 85.8 Å². The van der Waals surface area contributed by atoms with Crippen LogP contribution in [0.5, 0.6) is 5.75 Å². The Morgan fingerprint density at radius 1 is 1.00 bits per heavy atom. The summed E-state index contributed by atoms with van der Waals surface area (Å²) in [5.74, 6) is 0.712. The number of aryl methyl sites for hydroxylation is 1. The van der Waals surface area contributed by atoms with E-state index in [1.165, 1.54) is 21.9 Å². The molecule has 0 radical (unpaired) electrons. The van der Waals surface area contributed by atoms with Crippen molar-refractivity contribution in [1.82, 2.24) is 16.0 Å². The first-order valence-corrected chi connectivity index (χ1v) is 9.61. The minimum atomic E-state index is -0.167. The zero-order valence-electron chi connectivity index (χ0n) is 15.6. The average Bonchev–Trinajstić information content (AvgIpc) is 3.11. The lowest BCUT2D eigenvalue weighted by molar-refractivity contribution is 0.0954. The minimum Gasteiger partial charge on any atom is -0.508 e. The van der Waals surface area contributed by atoms with E-state index < -0.39 is 0 Å². The van der Waals surface area contributed by atoms with Crippen LogP contribution in [0.3, 0.4) is 0 Å². The summed E-state index contributed by atoms with van der Waals surface area (Å²) in [6.45, 7) is 6.63. The number of nitrogens with zero attached hydrogens (tertiary/aromatic N) is 1. The number of phenolic OH excluding ortho intramolecular Hbond substituents is 1. The number of amides is 1. The van der Waals surface area contributed by atoms with E-state index in [0.29, 0.717) is 25.2 Å². The van der Waals surface area contributed by atoms with Gasteiger partial charge in [-0.25, -0.2) is 4.99 Å². The molecule has 1 amide bonds. The Morgan fingerprint density at radius 2 is 1.67 bits per heavy atom. The lowest BCUT2D eigenvalue weighted by Crippen LogP contribution is -2.41. The number of halogens is 1. The summed E-state index contributed by atoms with van der Waals surface area (Å²) < 4.78 is 0. The molecule has 0 unspecified atom stereocenters. The van der Waals surface area contributed by atoms with Gasteiger partial charge in [0.2, 0.25) is 0 Å². The number of aliphatic imine (C=N–C) groups is 1. The van der Waals surface area contributed by atoms with E-state index in [0.717, 1.165) is 18.9 Å². The summed E-state index contributed by atoms with van der Waals surface area (Å²) in [7, 11) is 0. The summed E-state index contributed by atoms with van der Waals surface area (Å²) >= 11 is 1.79. The Kier molecular flexibility index (Phi) is 10.8. The molecule has 8 heteroatoms. The SMILES string of the molecule is CCNC(=NCc1ccc(CC)s1)NCCNC(=O)c1ccc(O)cc1.I. The van der Waals surface area contributed by atoms with Crippen molar-refractivity contribution in [3.05, 3.63) is 51.7 Å². The number of carbonyl (C=O) groups is 1. The van der Waals surface area contributed by atoms with Crippen molar-refractivity contribution in [2.75, 3.05) is 19.6 Å². The van der Waals surface area contributed by atoms with Gasteiger partial charge in [0.15, 0.2) is 5.96 Å². The van der Waals surface area contributed by atoms with Gasteiger partial charge in [0, 0.05) is 35.0 Å². The van der Waals surface area contributed by atoms with Crippen LogP contribution < -0.4 is 16.0 Å². The van der Waals surface area contributed by atoms with Crippen LogP contribution in [0.4, 0.5) is 0 Å². The molecule has 6 nitrogen and oxygen atoms in total. The van der Waals surface area contributed by atoms with Crippen molar-refractivity contribution in [1.29, 1.82) is 0 Å². The molecule has 148 valence electrons. The second-order valence-corrected chi connectivity index (χ2v) is 6.90. The van der Waals surface area contributed by atoms with Crippen molar-refractivity contribution in [2.45, 2.75) is 26.8 Å². The van der Waals surface area contributed by atoms with Crippen molar-refractivity contribution >= 4 is 47.2 Å². The smallest absolute Gasteiger partial charge is 0.251 e. The number of rotatable bonds is 8. The lowest BCUT2D eigenvalue weighted by Gasteiger charge is -2.11. The van der Waals surface area contributed by atoms with Gasteiger partial charge in [-0.15, -0.1) is 35.3 Å². The van der Waals surface area contributed by atoms with Crippen LogP contribution in [0.2, 0.25) is 0 Å². The first kappa shape index (κ1) is 23.2. The van der Waals surface area contributed by atoms with Crippen LogP contribution in [-0.4, -0.2) is 36.6 Å². The first-order chi connectivity index (χ1) is 12.6. The summed E-state index contributed by atoms with van der Waals surface area (Å²) in [5.41, 5.74) is 0.521. The highest BCUT2D eigenvalue weighted by atomic mass is 127. The number of aromatic hydroxyl groups is 1. The molecular weight excluding hydrogens is 475 g/mol. The number of benzene rings is 1. The zero-order valence-corrected chi connectivity index (χ0v) is 18.8. The predicted octanol–water partition coefficient (Wildman–Crippen LogP) is 3.12. The quantitative estimate of drug-likeness (QED) is 0.194. The predicted molar refractivity (Wildman–Crippen MR) is 122 cm³/mol. The molecule has 0 atom stereocenters. The molecule has 0 aliphatic carbocycles.